The first kappa shape index (κ1) is 14.2. The van der Waals surface area contributed by atoms with Crippen molar-refractivity contribution in [2.75, 3.05) is 0 Å². The number of nitrogens with zero attached hydrogens (tertiary/aromatic N) is 1. The lowest BCUT2D eigenvalue weighted by molar-refractivity contribution is -0.127. The molecule has 1 atom stereocenters. The molecule has 1 rings (SSSR count). The number of rotatable bonds is 6. The highest BCUT2D eigenvalue weighted by Crippen LogP contribution is 2.18. The summed E-state index contributed by atoms with van der Waals surface area (Å²) in [6.45, 7) is 6.99. The zero-order chi connectivity index (χ0) is 12.8. The molecule has 96 valence electrons. The summed E-state index contributed by atoms with van der Waals surface area (Å²) in [5.41, 5.74) is 2.25. The van der Waals surface area contributed by atoms with Gasteiger partial charge in [0.15, 0.2) is 0 Å². The van der Waals surface area contributed by atoms with Gasteiger partial charge >= 0.3 is 0 Å². The predicted octanol–water partition coefficient (Wildman–Crippen LogP) is 1.73. The van der Waals surface area contributed by atoms with Crippen LogP contribution in [0.4, 0.5) is 0 Å². The van der Waals surface area contributed by atoms with Gasteiger partial charge in [0.1, 0.15) is 0 Å². The Kier molecular flexibility index (Phi) is 5.61. The molecule has 1 unspecified atom stereocenters. The van der Waals surface area contributed by atoms with Gasteiger partial charge in [-0.25, -0.2) is 5.84 Å². The van der Waals surface area contributed by atoms with Crippen LogP contribution < -0.4 is 11.3 Å². The lowest BCUT2D eigenvalue weighted by atomic mass is 10.1. The molecule has 1 amide bonds. The second-order valence-electron chi connectivity index (χ2n) is 4.28. The van der Waals surface area contributed by atoms with E-state index in [1.165, 1.54) is 4.88 Å². The molecule has 0 spiro atoms. The molecule has 0 aliphatic rings. The molecule has 4 nitrogen and oxygen atoms in total. The van der Waals surface area contributed by atoms with Gasteiger partial charge < -0.3 is 0 Å². The van der Waals surface area contributed by atoms with Crippen molar-refractivity contribution in [3.63, 3.8) is 0 Å². The van der Waals surface area contributed by atoms with Gasteiger partial charge in [0.2, 0.25) is 0 Å². The Balaban J connectivity index is 2.80. The van der Waals surface area contributed by atoms with Crippen molar-refractivity contribution in [1.82, 2.24) is 10.3 Å². The van der Waals surface area contributed by atoms with Crippen LogP contribution in [-0.2, 0) is 11.3 Å². The van der Waals surface area contributed by atoms with Crippen LogP contribution >= 0.6 is 11.3 Å². The highest BCUT2D eigenvalue weighted by Gasteiger charge is 2.26. The van der Waals surface area contributed by atoms with E-state index in [2.05, 4.69) is 35.6 Å². The van der Waals surface area contributed by atoms with Crippen LogP contribution in [0, 0.1) is 0 Å². The van der Waals surface area contributed by atoms with E-state index in [9.17, 15) is 4.79 Å². The number of thiophene rings is 1. The molecule has 17 heavy (non-hydrogen) atoms. The Bertz CT molecular complexity index is 338. The standard InChI is InChI=1S/C12H21N3OS/c1-4-11(12(16)14-13)15(9(2)3)8-10-6-5-7-17-10/h5-7,9,11H,4,8,13H2,1-3H3,(H,14,16). The van der Waals surface area contributed by atoms with E-state index in [-0.39, 0.29) is 11.9 Å². The lowest BCUT2D eigenvalue weighted by Gasteiger charge is -2.32. The molecular weight excluding hydrogens is 234 g/mol. The van der Waals surface area contributed by atoms with Crippen LogP contribution in [0.2, 0.25) is 0 Å². The molecule has 3 N–H and O–H groups in total. The van der Waals surface area contributed by atoms with Crippen LogP contribution in [0.5, 0.6) is 0 Å². The SMILES string of the molecule is CCC(C(=O)NN)N(Cc1cccs1)C(C)C. The summed E-state index contributed by atoms with van der Waals surface area (Å²) in [6, 6.07) is 4.26. The fourth-order valence-corrected chi connectivity index (χ4v) is 2.61. The Morgan fingerprint density at radius 1 is 1.59 bits per heavy atom. The maximum atomic E-state index is 11.7. The molecule has 0 bridgehead atoms. The molecule has 5 heteroatoms. The minimum absolute atomic E-state index is 0.113. The van der Waals surface area contributed by atoms with Crippen molar-refractivity contribution in [3.05, 3.63) is 22.4 Å². The van der Waals surface area contributed by atoms with E-state index >= 15 is 0 Å². The summed E-state index contributed by atoms with van der Waals surface area (Å²) in [5.74, 6) is 5.12. The van der Waals surface area contributed by atoms with Gasteiger partial charge in [-0.05, 0) is 31.7 Å². The number of nitrogens with two attached hydrogens (primary N) is 1. The molecular formula is C12H21N3OS. The minimum Gasteiger partial charge on any atom is -0.293 e. The van der Waals surface area contributed by atoms with Crippen LogP contribution in [0.25, 0.3) is 0 Å². The molecule has 0 aliphatic carbocycles. The maximum Gasteiger partial charge on any atom is 0.251 e. The molecule has 0 aromatic carbocycles. The maximum absolute atomic E-state index is 11.7. The molecule has 0 radical (unpaired) electrons. The third-order valence-corrected chi connectivity index (χ3v) is 3.67. The molecule has 1 heterocycles. The average Bonchev–Trinajstić information content (AvgIpc) is 2.80. The lowest BCUT2D eigenvalue weighted by Crippen LogP contribution is -2.50. The summed E-state index contributed by atoms with van der Waals surface area (Å²) in [6.07, 6.45) is 0.757. The fourth-order valence-electron chi connectivity index (χ4n) is 1.90. The van der Waals surface area contributed by atoms with Crippen molar-refractivity contribution in [2.24, 2.45) is 5.84 Å². The first-order chi connectivity index (χ1) is 8.10. The molecule has 0 saturated carbocycles. The van der Waals surface area contributed by atoms with Crippen LogP contribution in [-0.4, -0.2) is 22.9 Å². The normalized spacial score (nSPS) is 13.1. The van der Waals surface area contributed by atoms with E-state index in [0.29, 0.717) is 6.04 Å². The number of amides is 1. The fraction of sp³-hybridized carbons (Fsp3) is 0.583. The predicted molar refractivity (Wildman–Crippen MR) is 71.4 cm³/mol. The van der Waals surface area contributed by atoms with Crippen molar-refractivity contribution >= 4 is 17.2 Å². The first-order valence-electron chi connectivity index (χ1n) is 5.88. The number of hydrazine groups is 1. The second kappa shape index (κ2) is 6.74. The molecule has 0 saturated heterocycles. The monoisotopic (exact) mass is 255 g/mol. The Morgan fingerprint density at radius 3 is 2.71 bits per heavy atom. The van der Waals surface area contributed by atoms with Crippen LogP contribution in [0.3, 0.4) is 0 Å². The Hall–Kier alpha value is -0.910. The first-order valence-corrected chi connectivity index (χ1v) is 6.76. The van der Waals surface area contributed by atoms with Gasteiger partial charge in [0, 0.05) is 17.5 Å². The van der Waals surface area contributed by atoms with Gasteiger partial charge in [-0.1, -0.05) is 13.0 Å². The summed E-state index contributed by atoms with van der Waals surface area (Å²) in [7, 11) is 0. The largest absolute Gasteiger partial charge is 0.293 e. The number of carbonyl (C=O) groups is 1. The van der Waals surface area contributed by atoms with Gasteiger partial charge in [-0.15, -0.1) is 11.3 Å². The van der Waals surface area contributed by atoms with Gasteiger partial charge in [-0.3, -0.25) is 15.1 Å². The quantitative estimate of drug-likeness (QED) is 0.462. The Labute approximate surface area is 107 Å². The van der Waals surface area contributed by atoms with E-state index in [1.807, 2.05) is 13.0 Å². The highest BCUT2D eigenvalue weighted by molar-refractivity contribution is 7.09. The smallest absolute Gasteiger partial charge is 0.251 e. The topological polar surface area (TPSA) is 58.4 Å². The van der Waals surface area contributed by atoms with Crippen molar-refractivity contribution in [3.8, 4) is 0 Å². The van der Waals surface area contributed by atoms with E-state index in [4.69, 9.17) is 5.84 Å². The summed E-state index contributed by atoms with van der Waals surface area (Å²) in [4.78, 5) is 15.2. The summed E-state index contributed by atoms with van der Waals surface area (Å²) in [5, 5.41) is 2.05. The summed E-state index contributed by atoms with van der Waals surface area (Å²) < 4.78 is 0. The van der Waals surface area contributed by atoms with E-state index < -0.39 is 0 Å². The molecule has 0 fully saturated rings. The van der Waals surface area contributed by atoms with E-state index in [1.54, 1.807) is 11.3 Å². The average molecular weight is 255 g/mol. The highest BCUT2D eigenvalue weighted by atomic mass is 32.1. The van der Waals surface area contributed by atoms with Crippen molar-refractivity contribution < 1.29 is 4.79 Å². The second-order valence-corrected chi connectivity index (χ2v) is 5.31. The number of hydrogen-bond donors (Lipinski definition) is 2. The number of carbonyl (C=O) groups excluding carboxylic acids is 1. The minimum atomic E-state index is -0.165. The van der Waals surface area contributed by atoms with Gasteiger partial charge in [-0.2, -0.15) is 0 Å². The third-order valence-electron chi connectivity index (χ3n) is 2.81. The summed E-state index contributed by atoms with van der Waals surface area (Å²) >= 11 is 1.71. The third kappa shape index (κ3) is 3.80. The zero-order valence-corrected chi connectivity index (χ0v) is 11.5. The van der Waals surface area contributed by atoms with E-state index in [0.717, 1.165) is 13.0 Å². The molecule has 1 aromatic rings. The Morgan fingerprint density at radius 2 is 2.29 bits per heavy atom. The molecule has 0 aliphatic heterocycles. The van der Waals surface area contributed by atoms with Crippen LogP contribution in [0.1, 0.15) is 32.1 Å². The van der Waals surface area contributed by atoms with Gasteiger partial charge in [0.25, 0.3) is 5.91 Å². The van der Waals surface area contributed by atoms with Crippen molar-refractivity contribution in [1.29, 1.82) is 0 Å². The zero-order valence-electron chi connectivity index (χ0n) is 10.6. The number of hydrogen-bond acceptors (Lipinski definition) is 4. The number of nitrogens with one attached hydrogen (secondary N) is 1. The van der Waals surface area contributed by atoms with Crippen LogP contribution in [0.15, 0.2) is 17.5 Å². The van der Waals surface area contributed by atoms with Crippen molar-refractivity contribution in [2.45, 2.75) is 45.8 Å². The molecule has 1 aromatic heterocycles. The van der Waals surface area contributed by atoms with Gasteiger partial charge in [0.05, 0.1) is 6.04 Å².